The number of halogens is 1. The van der Waals surface area contributed by atoms with Crippen LogP contribution < -0.4 is 5.32 Å². The van der Waals surface area contributed by atoms with Crippen LogP contribution in [0.15, 0.2) is 0 Å². The van der Waals surface area contributed by atoms with Crippen molar-refractivity contribution in [2.45, 2.75) is 45.4 Å². The van der Waals surface area contributed by atoms with Gasteiger partial charge in [-0.1, -0.05) is 26.2 Å². The summed E-state index contributed by atoms with van der Waals surface area (Å²) in [5.41, 5.74) is 0. The van der Waals surface area contributed by atoms with Crippen molar-refractivity contribution in [3.8, 4) is 0 Å². The molecule has 1 unspecified atom stereocenters. The van der Waals surface area contributed by atoms with E-state index in [0.29, 0.717) is 17.7 Å². The van der Waals surface area contributed by atoms with E-state index in [9.17, 15) is 4.79 Å². The Morgan fingerprint density at radius 1 is 1.47 bits per heavy atom. The number of alkyl halides is 1. The van der Waals surface area contributed by atoms with Gasteiger partial charge in [0.05, 0.1) is 0 Å². The smallest absolute Gasteiger partial charge is 0.223 e. The molecule has 0 aromatic carbocycles. The molecule has 0 spiro atoms. The Kier molecular flexibility index (Phi) is 6.07. The number of amides is 1. The Labute approximate surface area is 97.8 Å². The Morgan fingerprint density at radius 2 is 2.13 bits per heavy atom. The Hall–Kier alpha value is -0.240. The van der Waals surface area contributed by atoms with E-state index in [2.05, 4.69) is 12.2 Å². The Balaban J connectivity index is 2.19. The summed E-state index contributed by atoms with van der Waals surface area (Å²) in [4.78, 5) is 11.7. The third-order valence-electron chi connectivity index (χ3n) is 3.39. The highest BCUT2D eigenvalue weighted by atomic mass is 35.5. The van der Waals surface area contributed by atoms with Crippen LogP contribution in [0.2, 0.25) is 0 Å². The molecule has 0 bridgehead atoms. The van der Waals surface area contributed by atoms with Crippen LogP contribution >= 0.6 is 11.6 Å². The van der Waals surface area contributed by atoms with Gasteiger partial charge in [0.1, 0.15) is 0 Å². The third-order valence-corrected chi connectivity index (χ3v) is 3.60. The zero-order chi connectivity index (χ0) is 11.1. The minimum absolute atomic E-state index is 0.264. The Morgan fingerprint density at radius 3 is 2.67 bits per heavy atom. The molecule has 0 saturated heterocycles. The van der Waals surface area contributed by atoms with E-state index >= 15 is 0 Å². The monoisotopic (exact) mass is 231 g/mol. The van der Waals surface area contributed by atoms with Gasteiger partial charge in [-0.3, -0.25) is 4.79 Å². The molecule has 1 rings (SSSR count). The normalized spacial score (nSPS) is 19.1. The maximum absolute atomic E-state index is 11.7. The highest BCUT2D eigenvalue weighted by molar-refractivity contribution is 6.17. The summed E-state index contributed by atoms with van der Waals surface area (Å²) in [7, 11) is 0. The molecule has 1 amide bonds. The molecule has 0 aromatic heterocycles. The van der Waals surface area contributed by atoms with Gasteiger partial charge >= 0.3 is 0 Å². The van der Waals surface area contributed by atoms with Gasteiger partial charge in [-0.15, -0.1) is 11.6 Å². The number of rotatable bonds is 6. The SMILES string of the molecule is CCC(CCCl)CNC(=O)C1CCCC1. The molecule has 0 radical (unpaired) electrons. The summed E-state index contributed by atoms with van der Waals surface area (Å²) in [5, 5.41) is 3.06. The standard InChI is InChI=1S/C12H22ClNO/c1-2-10(7-8-13)9-14-12(15)11-5-3-4-6-11/h10-11H,2-9H2,1H3,(H,14,15). The van der Waals surface area contributed by atoms with Gasteiger partial charge in [-0.05, 0) is 25.2 Å². The van der Waals surface area contributed by atoms with Crippen LogP contribution in [0.1, 0.15) is 45.4 Å². The van der Waals surface area contributed by atoms with Crippen molar-refractivity contribution in [2.24, 2.45) is 11.8 Å². The molecule has 1 saturated carbocycles. The second kappa shape index (κ2) is 7.10. The van der Waals surface area contributed by atoms with Gasteiger partial charge in [0.2, 0.25) is 5.91 Å². The quantitative estimate of drug-likeness (QED) is 0.700. The first-order chi connectivity index (χ1) is 7.27. The van der Waals surface area contributed by atoms with E-state index in [0.717, 1.165) is 32.2 Å². The summed E-state index contributed by atoms with van der Waals surface area (Å²) in [6, 6.07) is 0. The van der Waals surface area contributed by atoms with Crippen molar-refractivity contribution in [3.05, 3.63) is 0 Å². The molecule has 1 N–H and O–H groups in total. The van der Waals surface area contributed by atoms with E-state index in [1.807, 2.05) is 0 Å². The first kappa shape index (κ1) is 12.8. The van der Waals surface area contributed by atoms with Crippen LogP contribution in [0.3, 0.4) is 0 Å². The van der Waals surface area contributed by atoms with Crippen LogP contribution in [0.25, 0.3) is 0 Å². The summed E-state index contributed by atoms with van der Waals surface area (Å²) >= 11 is 5.70. The number of carbonyl (C=O) groups excluding carboxylic acids is 1. The van der Waals surface area contributed by atoms with Crippen molar-refractivity contribution in [2.75, 3.05) is 12.4 Å². The van der Waals surface area contributed by atoms with Crippen LogP contribution in [-0.4, -0.2) is 18.3 Å². The van der Waals surface area contributed by atoms with Gasteiger partial charge < -0.3 is 5.32 Å². The number of carbonyl (C=O) groups is 1. The minimum atomic E-state index is 0.264. The van der Waals surface area contributed by atoms with E-state index in [4.69, 9.17) is 11.6 Å². The van der Waals surface area contributed by atoms with Gasteiger partial charge in [-0.2, -0.15) is 0 Å². The van der Waals surface area contributed by atoms with E-state index in [-0.39, 0.29) is 5.91 Å². The number of nitrogens with one attached hydrogen (secondary N) is 1. The molecular weight excluding hydrogens is 210 g/mol. The lowest BCUT2D eigenvalue weighted by atomic mass is 10.0. The lowest BCUT2D eigenvalue weighted by Crippen LogP contribution is -2.33. The van der Waals surface area contributed by atoms with E-state index < -0.39 is 0 Å². The highest BCUT2D eigenvalue weighted by Crippen LogP contribution is 2.24. The average molecular weight is 232 g/mol. The molecular formula is C12H22ClNO. The first-order valence-electron chi connectivity index (χ1n) is 6.11. The van der Waals surface area contributed by atoms with Gasteiger partial charge in [0, 0.05) is 18.3 Å². The predicted octanol–water partition coefficient (Wildman–Crippen LogP) is 2.95. The topological polar surface area (TPSA) is 29.1 Å². The van der Waals surface area contributed by atoms with Gasteiger partial charge in [-0.25, -0.2) is 0 Å². The van der Waals surface area contributed by atoms with Crippen LogP contribution in [-0.2, 0) is 4.79 Å². The second-order valence-corrected chi connectivity index (χ2v) is 4.86. The third kappa shape index (κ3) is 4.42. The zero-order valence-electron chi connectivity index (χ0n) is 9.60. The Bertz CT molecular complexity index is 190. The lowest BCUT2D eigenvalue weighted by Gasteiger charge is -2.16. The average Bonchev–Trinajstić information content (AvgIpc) is 2.77. The molecule has 2 nitrogen and oxygen atoms in total. The summed E-state index contributed by atoms with van der Waals surface area (Å²) in [6.07, 6.45) is 6.70. The molecule has 15 heavy (non-hydrogen) atoms. The molecule has 1 aliphatic rings. The maximum atomic E-state index is 11.7. The predicted molar refractivity (Wildman–Crippen MR) is 64.1 cm³/mol. The number of hydrogen-bond donors (Lipinski definition) is 1. The van der Waals surface area contributed by atoms with Crippen molar-refractivity contribution in [1.29, 1.82) is 0 Å². The largest absolute Gasteiger partial charge is 0.356 e. The van der Waals surface area contributed by atoms with E-state index in [1.54, 1.807) is 0 Å². The molecule has 0 heterocycles. The molecule has 1 fully saturated rings. The molecule has 3 heteroatoms. The van der Waals surface area contributed by atoms with Crippen molar-refractivity contribution >= 4 is 17.5 Å². The van der Waals surface area contributed by atoms with Gasteiger partial charge in [0.15, 0.2) is 0 Å². The fourth-order valence-corrected chi connectivity index (χ4v) is 2.49. The van der Waals surface area contributed by atoms with Crippen LogP contribution in [0.4, 0.5) is 0 Å². The number of hydrogen-bond acceptors (Lipinski definition) is 1. The lowest BCUT2D eigenvalue weighted by molar-refractivity contribution is -0.125. The van der Waals surface area contributed by atoms with Crippen LogP contribution in [0, 0.1) is 11.8 Å². The maximum Gasteiger partial charge on any atom is 0.223 e. The highest BCUT2D eigenvalue weighted by Gasteiger charge is 2.22. The molecule has 0 aromatic rings. The minimum Gasteiger partial charge on any atom is -0.356 e. The molecule has 1 aliphatic carbocycles. The van der Waals surface area contributed by atoms with Crippen LogP contribution in [0.5, 0.6) is 0 Å². The van der Waals surface area contributed by atoms with E-state index in [1.165, 1.54) is 12.8 Å². The zero-order valence-corrected chi connectivity index (χ0v) is 10.4. The fraction of sp³-hybridized carbons (Fsp3) is 0.917. The summed E-state index contributed by atoms with van der Waals surface area (Å²) in [5.74, 6) is 1.80. The van der Waals surface area contributed by atoms with Crippen molar-refractivity contribution in [3.63, 3.8) is 0 Å². The first-order valence-corrected chi connectivity index (χ1v) is 6.65. The summed E-state index contributed by atoms with van der Waals surface area (Å²) < 4.78 is 0. The molecule has 88 valence electrons. The molecule has 1 atom stereocenters. The van der Waals surface area contributed by atoms with Gasteiger partial charge in [0.25, 0.3) is 0 Å². The van der Waals surface area contributed by atoms with Crippen molar-refractivity contribution in [1.82, 2.24) is 5.32 Å². The summed E-state index contributed by atoms with van der Waals surface area (Å²) in [6.45, 7) is 2.96. The van der Waals surface area contributed by atoms with Crippen molar-refractivity contribution < 1.29 is 4.79 Å². The second-order valence-electron chi connectivity index (χ2n) is 4.48. The fourth-order valence-electron chi connectivity index (χ4n) is 2.18. The molecule has 0 aliphatic heterocycles.